The van der Waals surface area contributed by atoms with E-state index in [1.54, 1.807) is 0 Å². The average Bonchev–Trinajstić information content (AvgIpc) is 2.33. The summed E-state index contributed by atoms with van der Waals surface area (Å²) in [7, 11) is 0. The molecule has 17 heavy (non-hydrogen) atoms. The lowest BCUT2D eigenvalue weighted by Gasteiger charge is -2.09. The van der Waals surface area contributed by atoms with Crippen molar-refractivity contribution in [2.24, 2.45) is 5.11 Å². The maximum Gasteiger partial charge on any atom is 0.0596 e. The minimum atomic E-state index is 0.624. The molecule has 0 aromatic heterocycles. The van der Waals surface area contributed by atoms with Crippen LogP contribution >= 0.6 is 38.5 Å². The van der Waals surface area contributed by atoms with Gasteiger partial charge in [-0.3, -0.25) is 0 Å². The molecule has 2 aromatic rings. The number of azide groups is 1. The first-order valence-electron chi connectivity index (χ1n) is 4.82. The zero-order valence-electron chi connectivity index (χ0n) is 8.64. The smallest absolute Gasteiger partial charge is 0.0596 e. The van der Waals surface area contributed by atoms with Gasteiger partial charge < -0.3 is 0 Å². The van der Waals surface area contributed by atoms with Crippen molar-refractivity contribution in [2.45, 2.75) is 0 Å². The maximum absolute atomic E-state index is 8.62. The van der Waals surface area contributed by atoms with E-state index >= 15 is 0 Å². The predicted molar refractivity (Wildman–Crippen MR) is 81.1 cm³/mol. The molecule has 0 fully saturated rings. The van der Waals surface area contributed by atoms with Gasteiger partial charge in [0.25, 0.3) is 0 Å². The third-order valence-electron chi connectivity index (χ3n) is 2.30. The number of benzene rings is 2. The molecule has 0 N–H and O–H groups in total. The SMILES string of the molecule is [N-]=[N+]=Nc1c(Br)cccc1-c1ccccc1I. The van der Waals surface area contributed by atoms with Crippen LogP contribution in [0.15, 0.2) is 52.1 Å². The summed E-state index contributed by atoms with van der Waals surface area (Å²) in [5, 5.41) is 3.75. The molecule has 3 nitrogen and oxygen atoms in total. The van der Waals surface area contributed by atoms with Crippen LogP contribution in [0.25, 0.3) is 21.6 Å². The van der Waals surface area contributed by atoms with Crippen molar-refractivity contribution in [1.29, 1.82) is 0 Å². The van der Waals surface area contributed by atoms with Gasteiger partial charge in [0.05, 0.1) is 5.69 Å². The van der Waals surface area contributed by atoms with Crippen LogP contribution in [0.4, 0.5) is 5.69 Å². The summed E-state index contributed by atoms with van der Waals surface area (Å²) in [4.78, 5) is 2.88. The van der Waals surface area contributed by atoms with E-state index in [4.69, 9.17) is 5.53 Å². The molecule has 84 valence electrons. The maximum atomic E-state index is 8.62. The Morgan fingerprint density at radius 3 is 2.47 bits per heavy atom. The quantitative estimate of drug-likeness (QED) is 0.270. The second-order valence-electron chi connectivity index (χ2n) is 3.31. The fraction of sp³-hybridized carbons (Fsp3) is 0. The van der Waals surface area contributed by atoms with Crippen molar-refractivity contribution in [1.82, 2.24) is 0 Å². The Kier molecular flexibility index (Phi) is 4.04. The summed E-state index contributed by atoms with van der Waals surface area (Å²) in [6.45, 7) is 0. The van der Waals surface area contributed by atoms with Crippen molar-refractivity contribution < 1.29 is 0 Å². The van der Waals surface area contributed by atoms with Gasteiger partial charge in [-0.05, 0) is 51.4 Å². The van der Waals surface area contributed by atoms with Gasteiger partial charge >= 0.3 is 0 Å². The van der Waals surface area contributed by atoms with E-state index < -0.39 is 0 Å². The summed E-state index contributed by atoms with van der Waals surface area (Å²) >= 11 is 5.67. The third kappa shape index (κ3) is 2.62. The van der Waals surface area contributed by atoms with Crippen molar-refractivity contribution >= 4 is 44.2 Å². The molecule has 0 amide bonds. The summed E-state index contributed by atoms with van der Waals surface area (Å²) in [6.07, 6.45) is 0. The van der Waals surface area contributed by atoms with Crippen LogP contribution in [-0.4, -0.2) is 0 Å². The van der Waals surface area contributed by atoms with Crippen LogP contribution in [0.2, 0.25) is 0 Å². The Labute approximate surface area is 121 Å². The Hall–Kier alpha value is -1.04. The summed E-state index contributed by atoms with van der Waals surface area (Å²) in [5.41, 5.74) is 11.2. The number of rotatable bonds is 2. The van der Waals surface area contributed by atoms with Crippen molar-refractivity contribution in [3.05, 3.63) is 61.0 Å². The highest BCUT2D eigenvalue weighted by atomic mass is 127. The van der Waals surface area contributed by atoms with Gasteiger partial charge in [-0.25, -0.2) is 0 Å². The lowest BCUT2D eigenvalue weighted by atomic mass is 10.0. The first kappa shape index (κ1) is 12.4. The third-order valence-corrected chi connectivity index (χ3v) is 3.88. The molecule has 0 aliphatic carbocycles. The lowest BCUT2D eigenvalue weighted by molar-refractivity contribution is 1.44. The topological polar surface area (TPSA) is 48.8 Å². The Morgan fingerprint density at radius 2 is 1.76 bits per heavy atom. The molecular formula is C12H7BrIN3. The molecule has 0 spiro atoms. The second-order valence-corrected chi connectivity index (χ2v) is 5.32. The Morgan fingerprint density at radius 1 is 1.06 bits per heavy atom. The van der Waals surface area contributed by atoms with Crippen LogP contribution in [-0.2, 0) is 0 Å². The minimum absolute atomic E-state index is 0.624. The molecule has 0 bridgehead atoms. The summed E-state index contributed by atoms with van der Waals surface area (Å²) in [6, 6.07) is 13.7. The van der Waals surface area contributed by atoms with Gasteiger partial charge in [0.1, 0.15) is 0 Å². The highest BCUT2D eigenvalue weighted by Gasteiger charge is 2.09. The van der Waals surface area contributed by atoms with E-state index in [9.17, 15) is 0 Å². The van der Waals surface area contributed by atoms with Gasteiger partial charge in [-0.2, -0.15) is 0 Å². The van der Waals surface area contributed by atoms with Crippen LogP contribution in [0.1, 0.15) is 0 Å². The molecule has 0 saturated heterocycles. The fourth-order valence-corrected chi connectivity index (χ4v) is 2.68. The van der Waals surface area contributed by atoms with Crippen LogP contribution in [0.5, 0.6) is 0 Å². The molecule has 2 aromatic carbocycles. The largest absolute Gasteiger partial charge is 0.0616 e. The number of hydrogen-bond donors (Lipinski definition) is 0. The predicted octanol–water partition coefficient (Wildman–Crippen LogP) is 5.66. The molecule has 0 radical (unpaired) electrons. The van der Waals surface area contributed by atoms with Crippen molar-refractivity contribution in [3.63, 3.8) is 0 Å². The van der Waals surface area contributed by atoms with Gasteiger partial charge in [-0.15, -0.1) is 0 Å². The molecule has 0 heterocycles. The second kappa shape index (κ2) is 5.53. The average molecular weight is 400 g/mol. The van der Waals surface area contributed by atoms with E-state index in [0.29, 0.717) is 5.69 Å². The van der Waals surface area contributed by atoms with E-state index in [-0.39, 0.29) is 0 Å². The zero-order valence-corrected chi connectivity index (χ0v) is 12.4. The Bertz CT molecular complexity index is 606. The first-order valence-corrected chi connectivity index (χ1v) is 6.69. The highest BCUT2D eigenvalue weighted by Crippen LogP contribution is 2.38. The number of nitrogens with zero attached hydrogens (tertiary/aromatic N) is 3. The monoisotopic (exact) mass is 399 g/mol. The van der Waals surface area contributed by atoms with Crippen LogP contribution in [0.3, 0.4) is 0 Å². The zero-order chi connectivity index (χ0) is 12.3. The molecule has 0 atom stereocenters. The summed E-state index contributed by atoms with van der Waals surface area (Å²) in [5.74, 6) is 0. The molecule has 0 aliphatic rings. The van der Waals surface area contributed by atoms with E-state index in [2.05, 4.69) is 48.5 Å². The fourth-order valence-electron chi connectivity index (χ4n) is 1.56. The normalized spacial score (nSPS) is 9.76. The van der Waals surface area contributed by atoms with Crippen LogP contribution in [0, 0.1) is 3.57 Å². The number of halogens is 2. The van der Waals surface area contributed by atoms with E-state index in [1.807, 2.05) is 42.5 Å². The standard InChI is InChI=1S/C12H7BrIN3/c13-10-6-3-5-9(12(10)16-17-15)8-4-1-2-7-11(8)14/h1-7H. The van der Waals surface area contributed by atoms with Gasteiger partial charge in [-0.1, -0.05) is 51.4 Å². The van der Waals surface area contributed by atoms with Gasteiger partial charge in [0.15, 0.2) is 0 Å². The minimum Gasteiger partial charge on any atom is -0.0616 e. The summed E-state index contributed by atoms with van der Waals surface area (Å²) < 4.78 is 1.92. The van der Waals surface area contributed by atoms with Crippen molar-refractivity contribution in [3.8, 4) is 11.1 Å². The first-order chi connectivity index (χ1) is 8.24. The van der Waals surface area contributed by atoms with Crippen LogP contribution < -0.4 is 0 Å². The molecule has 2 rings (SSSR count). The van der Waals surface area contributed by atoms with Crippen molar-refractivity contribution in [2.75, 3.05) is 0 Å². The highest BCUT2D eigenvalue weighted by molar-refractivity contribution is 14.1. The Balaban J connectivity index is 2.72. The molecule has 5 heteroatoms. The van der Waals surface area contributed by atoms with Gasteiger partial charge in [0.2, 0.25) is 0 Å². The number of hydrogen-bond acceptors (Lipinski definition) is 1. The van der Waals surface area contributed by atoms with Gasteiger partial charge in [0, 0.05) is 13.0 Å². The molecule has 0 saturated carbocycles. The lowest BCUT2D eigenvalue weighted by Crippen LogP contribution is -1.83. The van der Waals surface area contributed by atoms with E-state index in [1.165, 1.54) is 0 Å². The van der Waals surface area contributed by atoms with E-state index in [0.717, 1.165) is 19.2 Å². The molecule has 0 aliphatic heterocycles. The molecule has 0 unspecified atom stereocenters. The molecular weight excluding hydrogens is 393 g/mol.